The SMILES string of the molecule is C=Cn1nnnc1-c1ccccc1. The first kappa shape index (κ1) is 7.67. The quantitative estimate of drug-likeness (QED) is 0.688. The van der Waals surface area contributed by atoms with E-state index in [4.69, 9.17) is 0 Å². The zero-order valence-electron chi connectivity index (χ0n) is 6.96. The van der Waals surface area contributed by atoms with E-state index in [1.54, 1.807) is 6.20 Å². The van der Waals surface area contributed by atoms with Gasteiger partial charge in [0, 0.05) is 11.8 Å². The van der Waals surface area contributed by atoms with Gasteiger partial charge in [0.2, 0.25) is 0 Å². The van der Waals surface area contributed by atoms with Crippen LogP contribution in [0, 0.1) is 0 Å². The van der Waals surface area contributed by atoms with Crippen LogP contribution in [0.2, 0.25) is 0 Å². The summed E-state index contributed by atoms with van der Waals surface area (Å²) in [5.74, 6) is 0.704. The first-order valence-electron chi connectivity index (χ1n) is 3.87. The molecule has 1 heterocycles. The molecule has 0 saturated heterocycles. The first-order chi connectivity index (χ1) is 6.42. The van der Waals surface area contributed by atoms with E-state index in [1.807, 2.05) is 30.3 Å². The molecule has 0 fully saturated rings. The van der Waals surface area contributed by atoms with E-state index in [9.17, 15) is 0 Å². The average molecular weight is 172 g/mol. The minimum Gasteiger partial charge on any atom is -0.201 e. The Morgan fingerprint density at radius 3 is 2.69 bits per heavy atom. The van der Waals surface area contributed by atoms with Gasteiger partial charge in [0.25, 0.3) is 0 Å². The highest BCUT2D eigenvalue weighted by molar-refractivity contribution is 5.56. The van der Waals surface area contributed by atoms with Crippen molar-refractivity contribution in [1.82, 2.24) is 20.2 Å². The Hall–Kier alpha value is -1.97. The van der Waals surface area contributed by atoms with Crippen LogP contribution in [0.3, 0.4) is 0 Å². The van der Waals surface area contributed by atoms with Crippen molar-refractivity contribution in [2.24, 2.45) is 0 Å². The molecule has 0 aliphatic carbocycles. The molecule has 0 radical (unpaired) electrons. The number of rotatable bonds is 2. The Bertz CT molecular complexity index is 405. The molecule has 2 aromatic rings. The van der Waals surface area contributed by atoms with Crippen molar-refractivity contribution >= 4 is 6.20 Å². The molecule has 0 aliphatic heterocycles. The molecule has 0 saturated carbocycles. The second-order valence-electron chi connectivity index (χ2n) is 2.50. The summed E-state index contributed by atoms with van der Waals surface area (Å²) >= 11 is 0. The Kier molecular flexibility index (Phi) is 1.88. The van der Waals surface area contributed by atoms with Gasteiger partial charge in [-0.1, -0.05) is 36.9 Å². The maximum atomic E-state index is 3.89. The van der Waals surface area contributed by atoms with E-state index in [0.717, 1.165) is 5.56 Å². The van der Waals surface area contributed by atoms with Gasteiger partial charge >= 0.3 is 0 Å². The van der Waals surface area contributed by atoms with E-state index in [-0.39, 0.29) is 0 Å². The molecule has 0 unspecified atom stereocenters. The number of hydrogen-bond acceptors (Lipinski definition) is 3. The molecule has 4 heteroatoms. The minimum absolute atomic E-state index is 0.704. The largest absolute Gasteiger partial charge is 0.201 e. The summed E-state index contributed by atoms with van der Waals surface area (Å²) in [6, 6.07) is 9.73. The van der Waals surface area contributed by atoms with Gasteiger partial charge in [0.15, 0.2) is 5.82 Å². The molecule has 0 spiro atoms. The summed E-state index contributed by atoms with van der Waals surface area (Å²) in [4.78, 5) is 0. The fourth-order valence-electron chi connectivity index (χ4n) is 1.09. The molecule has 13 heavy (non-hydrogen) atoms. The molecule has 64 valence electrons. The number of tetrazole rings is 1. The number of aromatic nitrogens is 4. The summed E-state index contributed by atoms with van der Waals surface area (Å²) < 4.78 is 1.54. The lowest BCUT2D eigenvalue weighted by atomic mass is 10.2. The van der Waals surface area contributed by atoms with Gasteiger partial charge in [-0.15, -0.1) is 5.10 Å². The zero-order valence-corrected chi connectivity index (χ0v) is 6.96. The van der Waals surface area contributed by atoms with Gasteiger partial charge in [0.1, 0.15) is 0 Å². The normalized spacial score (nSPS) is 9.85. The van der Waals surface area contributed by atoms with Crippen LogP contribution in [-0.2, 0) is 0 Å². The standard InChI is InChI=1S/C9H8N4/c1-2-13-9(10-11-12-13)8-6-4-3-5-7-8/h2-7H,1H2. The van der Waals surface area contributed by atoms with E-state index < -0.39 is 0 Å². The molecule has 2 rings (SSSR count). The summed E-state index contributed by atoms with van der Waals surface area (Å²) in [7, 11) is 0. The van der Waals surface area contributed by atoms with Crippen LogP contribution in [-0.4, -0.2) is 20.2 Å². The van der Waals surface area contributed by atoms with Gasteiger partial charge < -0.3 is 0 Å². The van der Waals surface area contributed by atoms with Crippen LogP contribution in [0.15, 0.2) is 36.9 Å². The second-order valence-corrected chi connectivity index (χ2v) is 2.50. The lowest BCUT2D eigenvalue weighted by molar-refractivity contribution is 0.820. The molecule has 0 aliphatic rings. The van der Waals surface area contributed by atoms with Crippen molar-refractivity contribution in [3.8, 4) is 11.4 Å². The summed E-state index contributed by atoms with van der Waals surface area (Å²) in [5, 5.41) is 11.2. The summed E-state index contributed by atoms with van der Waals surface area (Å²) in [6.45, 7) is 3.61. The molecule has 1 aromatic carbocycles. The van der Waals surface area contributed by atoms with Gasteiger partial charge in [-0.25, -0.2) is 4.68 Å². The molecule has 0 amide bonds. The zero-order chi connectivity index (χ0) is 9.10. The fourth-order valence-corrected chi connectivity index (χ4v) is 1.09. The first-order valence-corrected chi connectivity index (χ1v) is 3.87. The van der Waals surface area contributed by atoms with Crippen molar-refractivity contribution in [2.45, 2.75) is 0 Å². The molecular weight excluding hydrogens is 164 g/mol. The highest BCUT2D eigenvalue weighted by atomic mass is 15.5. The van der Waals surface area contributed by atoms with Crippen LogP contribution in [0.25, 0.3) is 17.6 Å². The number of hydrogen-bond donors (Lipinski definition) is 0. The molecule has 4 nitrogen and oxygen atoms in total. The monoisotopic (exact) mass is 172 g/mol. The second kappa shape index (κ2) is 3.18. The Balaban J connectivity index is 2.52. The maximum absolute atomic E-state index is 3.89. The highest BCUT2D eigenvalue weighted by Crippen LogP contribution is 2.13. The lowest BCUT2D eigenvalue weighted by Crippen LogP contribution is -1.92. The number of nitrogens with zero attached hydrogens (tertiary/aromatic N) is 4. The van der Waals surface area contributed by atoms with E-state index >= 15 is 0 Å². The smallest absolute Gasteiger partial charge is 0.186 e. The van der Waals surface area contributed by atoms with Crippen molar-refractivity contribution in [3.05, 3.63) is 36.9 Å². The van der Waals surface area contributed by atoms with Crippen LogP contribution < -0.4 is 0 Å². The van der Waals surface area contributed by atoms with Crippen LogP contribution in [0.1, 0.15) is 0 Å². The van der Waals surface area contributed by atoms with Crippen LogP contribution >= 0.6 is 0 Å². The summed E-state index contributed by atoms with van der Waals surface area (Å²) in [5.41, 5.74) is 0.979. The third-order valence-electron chi connectivity index (χ3n) is 1.70. The predicted molar refractivity (Wildman–Crippen MR) is 49.6 cm³/mol. The Morgan fingerprint density at radius 1 is 1.23 bits per heavy atom. The van der Waals surface area contributed by atoms with Crippen molar-refractivity contribution < 1.29 is 0 Å². The lowest BCUT2D eigenvalue weighted by Gasteiger charge is -1.96. The van der Waals surface area contributed by atoms with Crippen molar-refractivity contribution in [2.75, 3.05) is 0 Å². The topological polar surface area (TPSA) is 43.6 Å². The van der Waals surface area contributed by atoms with E-state index in [1.165, 1.54) is 4.68 Å². The van der Waals surface area contributed by atoms with Crippen molar-refractivity contribution in [1.29, 1.82) is 0 Å². The van der Waals surface area contributed by atoms with Crippen LogP contribution in [0.5, 0.6) is 0 Å². The third-order valence-corrected chi connectivity index (χ3v) is 1.70. The van der Waals surface area contributed by atoms with Gasteiger partial charge in [-0.3, -0.25) is 0 Å². The highest BCUT2D eigenvalue weighted by Gasteiger charge is 2.04. The average Bonchev–Trinajstić information content (AvgIpc) is 2.67. The summed E-state index contributed by atoms with van der Waals surface area (Å²) in [6.07, 6.45) is 1.57. The molecular formula is C9H8N4. The van der Waals surface area contributed by atoms with Gasteiger partial charge in [-0.2, -0.15) is 0 Å². The van der Waals surface area contributed by atoms with Gasteiger partial charge in [-0.05, 0) is 10.4 Å². The molecule has 0 N–H and O–H groups in total. The van der Waals surface area contributed by atoms with Crippen LogP contribution in [0.4, 0.5) is 0 Å². The van der Waals surface area contributed by atoms with E-state index in [0.29, 0.717) is 5.82 Å². The molecule has 1 aromatic heterocycles. The van der Waals surface area contributed by atoms with Gasteiger partial charge in [0.05, 0.1) is 0 Å². The Morgan fingerprint density at radius 2 is 2.00 bits per heavy atom. The Labute approximate surface area is 75.5 Å². The van der Waals surface area contributed by atoms with Crippen molar-refractivity contribution in [3.63, 3.8) is 0 Å². The predicted octanol–water partition coefficient (Wildman–Crippen LogP) is 1.44. The molecule has 0 bridgehead atoms. The van der Waals surface area contributed by atoms with E-state index in [2.05, 4.69) is 22.1 Å². The minimum atomic E-state index is 0.704. The maximum Gasteiger partial charge on any atom is 0.186 e. The molecule has 0 atom stereocenters. The third kappa shape index (κ3) is 1.33. The number of benzene rings is 1. The fraction of sp³-hybridized carbons (Fsp3) is 0.